The molecule has 0 N–H and O–H groups in total. The lowest BCUT2D eigenvalue weighted by Crippen LogP contribution is -2.20. The van der Waals surface area contributed by atoms with Crippen LogP contribution in [-0.2, 0) is 4.74 Å². The molecule has 0 spiro atoms. The van der Waals surface area contributed by atoms with Crippen LogP contribution in [0.4, 0.5) is 0 Å². The third kappa shape index (κ3) is 24.9. The van der Waals surface area contributed by atoms with Gasteiger partial charge in [0.2, 0.25) is 0 Å². The van der Waals surface area contributed by atoms with Gasteiger partial charge >= 0.3 is 0 Å². The van der Waals surface area contributed by atoms with Crippen LogP contribution in [-0.4, -0.2) is 12.7 Å². The molecule has 0 bridgehead atoms. The highest BCUT2D eigenvalue weighted by Gasteiger charge is 2.12. The van der Waals surface area contributed by atoms with Crippen LogP contribution in [0.3, 0.4) is 0 Å². The van der Waals surface area contributed by atoms with E-state index in [1.807, 2.05) is 0 Å². The first-order valence-electron chi connectivity index (χ1n) is 15.7. The molecule has 0 radical (unpaired) electrons. The second-order valence-corrected chi connectivity index (χ2v) is 12.4. The highest BCUT2D eigenvalue weighted by Crippen LogP contribution is 2.15. The van der Waals surface area contributed by atoms with Crippen LogP contribution in [0, 0.1) is 0 Å². The van der Waals surface area contributed by atoms with Gasteiger partial charge in [0.15, 0.2) is 0 Å². The molecule has 0 aromatic rings. The van der Waals surface area contributed by atoms with E-state index in [1.54, 1.807) is 7.11 Å². The van der Waals surface area contributed by atoms with Crippen LogP contribution in [0.5, 0.6) is 0 Å². The summed E-state index contributed by atoms with van der Waals surface area (Å²) in [5.41, 5.74) is 9.39. The molecular formula is C41H62O. The fraction of sp³-hybridized carbons (Fsp3) is 0.463. The van der Waals surface area contributed by atoms with E-state index in [0.717, 1.165) is 38.5 Å². The van der Waals surface area contributed by atoms with Gasteiger partial charge in [-0.15, -0.1) is 0 Å². The van der Waals surface area contributed by atoms with Crippen molar-refractivity contribution in [1.82, 2.24) is 0 Å². The number of ether oxygens (including phenoxy) is 1. The van der Waals surface area contributed by atoms with E-state index in [1.165, 1.54) is 45.4 Å². The molecule has 0 amide bonds. The van der Waals surface area contributed by atoms with Crippen LogP contribution >= 0.6 is 0 Å². The minimum atomic E-state index is -0.100. The Hall–Kier alpha value is -2.90. The minimum Gasteiger partial charge on any atom is -0.378 e. The fourth-order valence-electron chi connectivity index (χ4n) is 3.87. The summed E-state index contributed by atoms with van der Waals surface area (Å²) in [4.78, 5) is 0. The van der Waals surface area contributed by atoms with Crippen molar-refractivity contribution >= 4 is 0 Å². The van der Waals surface area contributed by atoms with Gasteiger partial charge in [0.05, 0.1) is 5.60 Å². The predicted molar refractivity (Wildman–Crippen MR) is 192 cm³/mol. The van der Waals surface area contributed by atoms with Gasteiger partial charge in [0, 0.05) is 7.11 Å². The average Bonchev–Trinajstić information content (AvgIpc) is 2.91. The normalized spacial score (nSPS) is 15.3. The molecular weight excluding hydrogens is 508 g/mol. The Kier molecular flexibility index (Phi) is 22.0. The molecule has 0 fully saturated rings. The lowest BCUT2D eigenvalue weighted by atomic mass is 10.0. The van der Waals surface area contributed by atoms with Crippen molar-refractivity contribution in [3.05, 3.63) is 130 Å². The van der Waals surface area contributed by atoms with Gasteiger partial charge in [-0.05, 0) is 114 Å². The first-order chi connectivity index (χ1) is 19.8. The van der Waals surface area contributed by atoms with Gasteiger partial charge in [-0.3, -0.25) is 0 Å². The molecule has 42 heavy (non-hydrogen) atoms. The number of methoxy groups -OCH3 is 1. The van der Waals surface area contributed by atoms with Crippen LogP contribution < -0.4 is 0 Å². The van der Waals surface area contributed by atoms with E-state index >= 15 is 0 Å². The Bertz CT molecular complexity index is 1110. The van der Waals surface area contributed by atoms with Crippen molar-refractivity contribution in [2.24, 2.45) is 0 Å². The molecule has 1 heteroatoms. The van der Waals surface area contributed by atoms with Crippen LogP contribution in [0.25, 0.3) is 0 Å². The van der Waals surface area contributed by atoms with E-state index in [4.69, 9.17) is 4.74 Å². The molecule has 0 rings (SSSR count). The second-order valence-electron chi connectivity index (χ2n) is 12.4. The summed E-state index contributed by atoms with van der Waals surface area (Å²) in [5.74, 6) is 0. The number of hydrogen-bond acceptors (Lipinski definition) is 1. The predicted octanol–water partition coefficient (Wildman–Crippen LogP) is 13.0. The third-order valence-corrected chi connectivity index (χ3v) is 6.98. The van der Waals surface area contributed by atoms with Gasteiger partial charge in [-0.2, -0.15) is 0 Å². The Balaban J connectivity index is 4.56. The summed E-state index contributed by atoms with van der Waals surface area (Å²) >= 11 is 0. The zero-order valence-corrected chi connectivity index (χ0v) is 29.0. The number of allylic oxidation sites excluding steroid dienone is 21. The monoisotopic (exact) mass is 570 g/mol. The van der Waals surface area contributed by atoms with E-state index in [-0.39, 0.29) is 5.60 Å². The number of rotatable bonds is 19. The Morgan fingerprint density at radius 2 is 1.00 bits per heavy atom. The SMILES string of the molecule is COC(C)(C)C/C=C/C(C)=C/CC/C(C)=C/C=C/C(C)=C/C=C\C=C(C)\C=C\C=C(/C)CC/C=C(\C)CCC=C(C)C. The highest BCUT2D eigenvalue weighted by molar-refractivity contribution is 5.30. The van der Waals surface area contributed by atoms with Crippen LogP contribution in [0.1, 0.15) is 114 Å². The standard InChI is InChI=1S/C41H62O/c1-34(2)20-14-23-37(5)26-17-29-38(6)27-15-24-35(3)21-12-13-22-36(4)25-16-28-39(7)30-18-31-40(8)32-19-33-41(9,10)42-11/h12-13,15-16,19-22,24-28,31-32H,14,17-18,23,29-30,33H2,1-11H3/b13-12-,24-15+,25-16+,32-19+,35-21+,36-22+,37-26+,38-27+,39-28+,40-31+. The van der Waals surface area contributed by atoms with E-state index in [9.17, 15) is 0 Å². The van der Waals surface area contributed by atoms with Crippen LogP contribution in [0.15, 0.2) is 130 Å². The maximum absolute atomic E-state index is 5.47. The van der Waals surface area contributed by atoms with Gasteiger partial charge in [0.1, 0.15) is 0 Å². The van der Waals surface area contributed by atoms with Crippen molar-refractivity contribution in [2.45, 2.75) is 120 Å². The van der Waals surface area contributed by atoms with E-state index < -0.39 is 0 Å². The van der Waals surface area contributed by atoms with Crippen molar-refractivity contribution < 1.29 is 4.74 Å². The van der Waals surface area contributed by atoms with Crippen LogP contribution in [0.2, 0.25) is 0 Å². The van der Waals surface area contributed by atoms with Gasteiger partial charge in [-0.25, -0.2) is 0 Å². The number of hydrogen-bond donors (Lipinski definition) is 0. The lowest BCUT2D eigenvalue weighted by Gasteiger charge is -2.20. The molecule has 0 aliphatic rings. The van der Waals surface area contributed by atoms with Gasteiger partial charge in [-0.1, -0.05) is 130 Å². The first-order valence-corrected chi connectivity index (χ1v) is 15.7. The quantitative estimate of drug-likeness (QED) is 0.111. The summed E-state index contributed by atoms with van der Waals surface area (Å²) in [6, 6.07) is 0. The fourth-order valence-corrected chi connectivity index (χ4v) is 3.87. The Labute approximate surface area is 261 Å². The molecule has 1 nitrogen and oxygen atoms in total. The van der Waals surface area contributed by atoms with Crippen molar-refractivity contribution in [1.29, 1.82) is 0 Å². The van der Waals surface area contributed by atoms with Gasteiger partial charge in [0.25, 0.3) is 0 Å². The zero-order valence-electron chi connectivity index (χ0n) is 29.0. The summed E-state index contributed by atoms with van der Waals surface area (Å²) in [6.07, 6.45) is 40.6. The molecule has 0 atom stereocenters. The molecule has 0 aliphatic heterocycles. The van der Waals surface area contributed by atoms with E-state index in [2.05, 4.69) is 160 Å². The van der Waals surface area contributed by atoms with Crippen molar-refractivity contribution in [2.75, 3.05) is 7.11 Å². The molecule has 232 valence electrons. The summed E-state index contributed by atoms with van der Waals surface area (Å²) in [5, 5.41) is 0. The summed E-state index contributed by atoms with van der Waals surface area (Å²) in [6.45, 7) is 21.7. The van der Waals surface area contributed by atoms with Crippen molar-refractivity contribution in [3.8, 4) is 0 Å². The molecule has 0 unspecified atom stereocenters. The molecule has 0 heterocycles. The molecule has 0 aliphatic carbocycles. The minimum absolute atomic E-state index is 0.100. The summed E-state index contributed by atoms with van der Waals surface area (Å²) in [7, 11) is 1.77. The maximum atomic E-state index is 5.47. The van der Waals surface area contributed by atoms with E-state index in [0.29, 0.717) is 0 Å². The highest BCUT2D eigenvalue weighted by atomic mass is 16.5. The molecule has 0 aromatic heterocycles. The Morgan fingerprint density at radius 1 is 0.524 bits per heavy atom. The molecule has 0 saturated carbocycles. The Morgan fingerprint density at radius 3 is 1.50 bits per heavy atom. The average molecular weight is 571 g/mol. The largest absolute Gasteiger partial charge is 0.378 e. The maximum Gasteiger partial charge on any atom is 0.0657 e. The zero-order chi connectivity index (χ0) is 31.8. The van der Waals surface area contributed by atoms with Gasteiger partial charge < -0.3 is 4.74 Å². The summed E-state index contributed by atoms with van der Waals surface area (Å²) < 4.78 is 5.47. The smallest absolute Gasteiger partial charge is 0.0657 e. The molecule has 0 aromatic carbocycles. The third-order valence-electron chi connectivity index (χ3n) is 6.98. The first kappa shape index (κ1) is 39.1. The lowest BCUT2D eigenvalue weighted by molar-refractivity contribution is 0.0255. The van der Waals surface area contributed by atoms with Crippen molar-refractivity contribution in [3.63, 3.8) is 0 Å². The topological polar surface area (TPSA) is 9.23 Å². The second kappa shape index (κ2) is 23.6. The molecule has 0 saturated heterocycles.